The fraction of sp³-hybridized carbons (Fsp3) is 0.320. The molecule has 2 heterocycles. The van der Waals surface area contributed by atoms with E-state index < -0.39 is 5.97 Å². The van der Waals surface area contributed by atoms with Crippen molar-refractivity contribution in [2.45, 2.75) is 32.2 Å². The molecule has 6 nitrogen and oxygen atoms in total. The van der Waals surface area contributed by atoms with E-state index in [9.17, 15) is 9.59 Å². The number of aromatic nitrogens is 1. The Morgan fingerprint density at radius 3 is 2.69 bits per heavy atom. The van der Waals surface area contributed by atoms with Crippen LogP contribution in [0.4, 0.5) is 5.00 Å². The van der Waals surface area contributed by atoms with Crippen LogP contribution in [-0.4, -0.2) is 30.5 Å². The first-order valence-electron chi connectivity index (χ1n) is 10.8. The lowest BCUT2D eigenvalue weighted by atomic mass is 9.88. The predicted molar refractivity (Wildman–Crippen MR) is 126 cm³/mol. The van der Waals surface area contributed by atoms with Crippen LogP contribution in [0.2, 0.25) is 0 Å². The first-order chi connectivity index (χ1) is 15.6. The van der Waals surface area contributed by atoms with E-state index in [1.807, 2.05) is 48.5 Å². The lowest BCUT2D eigenvalue weighted by Crippen LogP contribution is -2.32. The van der Waals surface area contributed by atoms with Gasteiger partial charge >= 0.3 is 5.97 Å². The summed E-state index contributed by atoms with van der Waals surface area (Å²) in [5.74, 6) is -0.0310. The zero-order valence-electron chi connectivity index (χ0n) is 18.3. The van der Waals surface area contributed by atoms with E-state index in [0.29, 0.717) is 16.5 Å². The van der Waals surface area contributed by atoms with Gasteiger partial charge < -0.3 is 10.1 Å². The molecule has 1 aliphatic carbocycles. The van der Waals surface area contributed by atoms with Crippen molar-refractivity contribution in [1.29, 1.82) is 0 Å². The van der Waals surface area contributed by atoms with E-state index in [1.165, 1.54) is 23.3 Å². The van der Waals surface area contributed by atoms with Crippen molar-refractivity contribution >= 4 is 28.2 Å². The number of nitrogens with one attached hydrogen (secondary N) is 2. The van der Waals surface area contributed by atoms with Crippen LogP contribution in [0.15, 0.2) is 54.7 Å². The van der Waals surface area contributed by atoms with Gasteiger partial charge in [-0.3, -0.25) is 15.1 Å². The number of amides is 1. The number of methoxy groups -OCH3 is 1. The van der Waals surface area contributed by atoms with Gasteiger partial charge in [0.15, 0.2) is 0 Å². The Morgan fingerprint density at radius 2 is 1.97 bits per heavy atom. The highest BCUT2D eigenvalue weighted by Crippen LogP contribution is 2.40. The van der Waals surface area contributed by atoms with Crippen LogP contribution < -0.4 is 10.6 Å². The fourth-order valence-electron chi connectivity index (χ4n) is 4.11. The van der Waals surface area contributed by atoms with Crippen molar-refractivity contribution in [3.05, 3.63) is 82.0 Å². The maximum absolute atomic E-state index is 12.9. The van der Waals surface area contributed by atoms with Gasteiger partial charge in [0, 0.05) is 11.1 Å². The van der Waals surface area contributed by atoms with E-state index in [0.717, 1.165) is 36.1 Å². The van der Waals surface area contributed by atoms with E-state index in [1.54, 1.807) is 6.20 Å². The third kappa shape index (κ3) is 4.89. The highest BCUT2D eigenvalue weighted by molar-refractivity contribution is 7.17. The standard InChI is InChI=1S/C25H27N3O3S/c1-16-11-12-18-20(14-16)32-24(22(18)25(30)31-2)28-21(29)15-27-23(17-8-4-3-5-9-17)19-10-6-7-13-26-19/h3-10,13,16,23,27H,11-12,14-15H2,1-2H3,(H,28,29). The number of hydrogen-bond donors (Lipinski definition) is 2. The van der Waals surface area contributed by atoms with Gasteiger partial charge in [-0.15, -0.1) is 11.3 Å². The zero-order chi connectivity index (χ0) is 22.5. The van der Waals surface area contributed by atoms with Gasteiger partial charge in [0.05, 0.1) is 31.0 Å². The minimum Gasteiger partial charge on any atom is -0.465 e. The van der Waals surface area contributed by atoms with Crippen molar-refractivity contribution < 1.29 is 14.3 Å². The van der Waals surface area contributed by atoms with Gasteiger partial charge in [-0.2, -0.15) is 0 Å². The lowest BCUT2D eigenvalue weighted by molar-refractivity contribution is -0.115. The van der Waals surface area contributed by atoms with Crippen molar-refractivity contribution in [2.75, 3.05) is 19.0 Å². The van der Waals surface area contributed by atoms with Crippen molar-refractivity contribution in [3.63, 3.8) is 0 Å². The van der Waals surface area contributed by atoms with Crippen LogP contribution in [0.5, 0.6) is 0 Å². The quantitative estimate of drug-likeness (QED) is 0.524. The maximum Gasteiger partial charge on any atom is 0.341 e. The van der Waals surface area contributed by atoms with E-state index >= 15 is 0 Å². The second kappa shape index (κ2) is 10.1. The summed E-state index contributed by atoms with van der Waals surface area (Å²) in [6.07, 6.45) is 4.54. The minimum atomic E-state index is -0.393. The molecule has 1 amide bonds. The molecule has 4 rings (SSSR count). The molecule has 166 valence electrons. The molecule has 0 radical (unpaired) electrons. The third-order valence-electron chi connectivity index (χ3n) is 5.74. The number of carbonyl (C=O) groups excluding carboxylic acids is 2. The topological polar surface area (TPSA) is 80.3 Å². The molecule has 2 unspecified atom stereocenters. The van der Waals surface area contributed by atoms with Gasteiger partial charge in [0.2, 0.25) is 5.91 Å². The highest BCUT2D eigenvalue weighted by atomic mass is 32.1. The number of anilines is 1. The molecular formula is C25H27N3O3S. The highest BCUT2D eigenvalue weighted by Gasteiger charge is 2.29. The van der Waals surface area contributed by atoms with E-state index in [2.05, 4.69) is 22.5 Å². The molecule has 0 aliphatic heterocycles. The summed E-state index contributed by atoms with van der Waals surface area (Å²) in [4.78, 5) is 31.0. The van der Waals surface area contributed by atoms with Crippen molar-refractivity contribution in [3.8, 4) is 0 Å². The summed E-state index contributed by atoms with van der Waals surface area (Å²) in [5.41, 5.74) is 3.40. The first-order valence-corrected chi connectivity index (χ1v) is 11.6. The fourth-order valence-corrected chi connectivity index (χ4v) is 5.52. The molecule has 2 atom stereocenters. The van der Waals surface area contributed by atoms with Crippen LogP contribution in [0.1, 0.15) is 51.4 Å². The molecule has 0 saturated heterocycles. The smallest absolute Gasteiger partial charge is 0.341 e. The van der Waals surface area contributed by atoms with Gasteiger partial charge in [0.1, 0.15) is 5.00 Å². The number of fused-ring (bicyclic) bond motifs is 1. The number of hydrogen-bond acceptors (Lipinski definition) is 6. The Kier molecular flexibility index (Phi) is 6.97. The third-order valence-corrected chi connectivity index (χ3v) is 6.91. The second-order valence-electron chi connectivity index (χ2n) is 8.07. The zero-order valence-corrected chi connectivity index (χ0v) is 19.1. The number of rotatable bonds is 7. The minimum absolute atomic E-state index is 0.0791. The summed E-state index contributed by atoms with van der Waals surface area (Å²) >= 11 is 1.49. The average Bonchev–Trinajstić information content (AvgIpc) is 3.16. The number of esters is 1. The molecule has 2 aromatic heterocycles. The molecule has 1 aromatic carbocycles. The van der Waals surface area contributed by atoms with Crippen LogP contribution in [-0.2, 0) is 22.4 Å². The van der Waals surface area contributed by atoms with Gasteiger partial charge in [0.25, 0.3) is 0 Å². The van der Waals surface area contributed by atoms with Crippen LogP contribution in [0, 0.1) is 5.92 Å². The van der Waals surface area contributed by atoms with E-state index in [-0.39, 0.29) is 18.5 Å². The predicted octanol–water partition coefficient (Wildman–Crippen LogP) is 4.37. The Balaban J connectivity index is 1.51. The molecule has 0 fully saturated rings. The van der Waals surface area contributed by atoms with Gasteiger partial charge in [-0.1, -0.05) is 43.3 Å². The molecular weight excluding hydrogens is 422 g/mol. The summed E-state index contributed by atoms with van der Waals surface area (Å²) in [6.45, 7) is 2.29. The molecule has 2 N–H and O–H groups in total. The monoisotopic (exact) mass is 449 g/mol. The molecule has 32 heavy (non-hydrogen) atoms. The average molecular weight is 450 g/mol. The number of nitrogens with zero attached hydrogens (tertiary/aromatic N) is 1. The summed E-state index contributed by atoms with van der Waals surface area (Å²) in [6, 6.07) is 15.4. The second-order valence-corrected chi connectivity index (χ2v) is 9.18. The summed E-state index contributed by atoms with van der Waals surface area (Å²) in [7, 11) is 1.38. The number of thiophene rings is 1. The summed E-state index contributed by atoms with van der Waals surface area (Å²) < 4.78 is 5.02. The van der Waals surface area contributed by atoms with E-state index in [4.69, 9.17) is 4.74 Å². The van der Waals surface area contributed by atoms with Crippen LogP contribution >= 0.6 is 11.3 Å². The number of benzene rings is 1. The molecule has 0 bridgehead atoms. The Morgan fingerprint density at radius 1 is 1.19 bits per heavy atom. The number of ether oxygens (including phenoxy) is 1. The molecule has 3 aromatic rings. The number of carbonyl (C=O) groups is 2. The van der Waals surface area contributed by atoms with Crippen LogP contribution in [0.3, 0.4) is 0 Å². The largest absolute Gasteiger partial charge is 0.465 e. The first kappa shape index (κ1) is 22.2. The molecule has 0 saturated carbocycles. The molecule has 1 aliphatic rings. The van der Waals surface area contributed by atoms with Gasteiger partial charge in [-0.25, -0.2) is 4.79 Å². The molecule has 0 spiro atoms. The summed E-state index contributed by atoms with van der Waals surface area (Å²) in [5, 5.41) is 6.85. The maximum atomic E-state index is 12.9. The Bertz CT molecular complexity index is 1040. The van der Waals surface area contributed by atoms with Gasteiger partial charge in [-0.05, 0) is 48.4 Å². The van der Waals surface area contributed by atoms with Crippen molar-refractivity contribution in [2.24, 2.45) is 5.92 Å². The lowest BCUT2D eigenvalue weighted by Gasteiger charge is -2.19. The molecule has 7 heteroatoms. The Labute approximate surface area is 192 Å². The normalized spacial score (nSPS) is 16.1. The Hall–Kier alpha value is -3.03. The SMILES string of the molecule is COC(=O)c1c(NC(=O)CNC(c2ccccc2)c2ccccn2)sc2c1CCC(C)C2. The number of pyridine rings is 1. The van der Waals surface area contributed by atoms with Crippen molar-refractivity contribution in [1.82, 2.24) is 10.3 Å². The van der Waals surface area contributed by atoms with Crippen LogP contribution in [0.25, 0.3) is 0 Å².